The molecule has 0 saturated carbocycles. The van der Waals surface area contributed by atoms with Gasteiger partial charge in [0.25, 0.3) is 0 Å². The van der Waals surface area contributed by atoms with Gasteiger partial charge in [0.1, 0.15) is 0 Å². The van der Waals surface area contributed by atoms with Crippen LogP contribution in [0, 0.1) is 11.3 Å². The quantitative estimate of drug-likeness (QED) is 0.723. The third-order valence-corrected chi connectivity index (χ3v) is 4.11. The Balaban J connectivity index is 2.77. The van der Waals surface area contributed by atoms with Gasteiger partial charge in [-0.2, -0.15) is 0 Å². The van der Waals surface area contributed by atoms with E-state index in [1.54, 1.807) is 7.11 Å². The van der Waals surface area contributed by atoms with Crippen LogP contribution >= 0.6 is 0 Å². The summed E-state index contributed by atoms with van der Waals surface area (Å²) in [5.41, 5.74) is 6.15. The molecule has 0 saturated heterocycles. The van der Waals surface area contributed by atoms with Gasteiger partial charge in [-0.1, -0.05) is 26.0 Å². The Labute approximate surface area is 112 Å². The predicted molar refractivity (Wildman–Crippen MR) is 78.2 cm³/mol. The van der Waals surface area contributed by atoms with Crippen molar-refractivity contribution in [3.8, 4) is 0 Å². The van der Waals surface area contributed by atoms with Crippen molar-refractivity contribution in [2.24, 2.45) is 17.1 Å². The van der Waals surface area contributed by atoms with Crippen molar-refractivity contribution in [3.63, 3.8) is 0 Å². The molecule has 0 heterocycles. The Morgan fingerprint density at radius 3 is 2.39 bits per heavy atom. The molecule has 18 heavy (non-hydrogen) atoms. The maximum Gasteiger partial charge on any atom is 0.0992 e. The first kappa shape index (κ1) is 15.3. The molecule has 2 heteroatoms. The number of rotatable bonds is 6. The Hall–Kier alpha value is -0.760. The number of ether oxygens (including phenoxy) is 1. The maximum absolute atomic E-state index is 6.06. The molecule has 0 aliphatic heterocycles. The van der Waals surface area contributed by atoms with Crippen molar-refractivity contribution in [1.82, 2.24) is 0 Å². The van der Waals surface area contributed by atoms with E-state index in [-0.39, 0.29) is 11.0 Å². The average Bonchev–Trinajstić information content (AvgIpc) is 2.35. The third kappa shape index (κ3) is 3.88. The SMILES string of the molecule is CCC1(CC)C=CC(CCC(C)(C)N)C(OC)=C1. The Morgan fingerprint density at radius 2 is 1.94 bits per heavy atom. The Kier molecular flexibility index (Phi) is 5.03. The summed E-state index contributed by atoms with van der Waals surface area (Å²) in [5, 5.41) is 0. The number of nitrogens with two attached hydrogens (primary N) is 1. The summed E-state index contributed by atoms with van der Waals surface area (Å²) in [6.45, 7) is 8.64. The van der Waals surface area contributed by atoms with Crippen LogP contribution in [-0.2, 0) is 4.74 Å². The average molecular weight is 251 g/mol. The van der Waals surface area contributed by atoms with Crippen molar-refractivity contribution in [2.45, 2.75) is 58.9 Å². The number of hydrogen-bond acceptors (Lipinski definition) is 2. The smallest absolute Gasteiger partial charge is 0.0992 e. The highest BCUT2D eigenvalue weighted by Crippen LogP contribution is 2.39. The van der Waals surface area contributed by atoms with Crippen molar-refractivity contribution >= 4 is 0 Å². The van der Waals surface area contributed by atoms with E-state index in [1.807, 2.05) is 0 Å². The molecule has 0 amide bonds. The zero-order valence-electron chi connectivity index (χ0n) is 12.6. The molecule has 0 radical (unpaired) electrons. The van der Waals surface area contributed by atoms with Crippen LogP contribution in [0.2, 0.25) is 0 Å². The van der Waals surface area contributed by atoms with Crippen LogP contribution in [0.4, 0.5) is 0 Å². The van der Waals surface area contributed by atoms with Crippen LogP contribution in [0.25, 0.3) is 0 Å². The van der Waals surface area contributed by atoms with E-state index in [2.05, 4.69) is 45.9 Å². The van der Waals surface area contributed by atoms with Gasteiger partial charge in [-0.25, -0.2) is 0 Å². The molecule has 104 valence electrons. The lowest BCUT2D eigenvalue weighted by atomic mass is 9.75. The Morgan fingerprint density at radius 1 is 1.33 bits per heavy atom. The molecule has 1 rings (SSSR count). The minimum Gasteiger partial charge on any atom is -0.501 e. The highest BCUT2D eigenvalue weighted by molar-refractivity contribution is 5.24. The predicted octanol–water partition coefficient (Wildman–Crippen LogP) is 4.03. The molecule has 1 aliphatic carbocycles. The zero-order chi connectivity index (χ0) is 13.8. The van der Waals surface area contributed by atoms with Crippen molar-refractivity contribution in [2.75, 3.05) is 7.11 Å². The van der Waals surface area contributed by atoms with E-state index in [9.17, 15) is 0 Å². The lowest BCUT2D eigenvalue weighted by molar-refractivity contribution is 0.230. The van der Waals surface area contributed by atoms with Crippen LogP contribution in [0.5, 0.6) is 0 Å². The van der Waals surface area contributed by atoms with Crippen LogP contribution in [0.3, 0.4) is 0 Å². The van der Waals surface area contributed by atoms with E-state index >= 15 is 0 Å². The van der Waals surface area contributed by atoms with Crippen molar-refractivity contribution < 1.29 is 4.74 Å². The largest absolute Gasteiger partial charge is 0.501 e. The fourth-order valence-corrected chi connectivity index (χ4v) is 2.51. The van der Waals surface area contributed by atoms with E-state index < -0.39 is 0 Å². The molecule has 1 aliphatic rings. The second kappa shape index (κ2) is 5.92. The molecule has 1 atom stereocenters. The van der Waals surface area contributed by atoms with Gasteiger partial charge in [-0.05, 0) is 45.6 Å². The molecular weight excluding hydrogens is 222 g/mol. The first-order chi connectivity index (χ1) is 8.36. The summed E-state index contributed by atoms with van der Waals surface area (Å²) in [7, 11) is 1.78. The second-order valence-corrected chi connectivity index (χ2v) is 6.18. The van der Waals surface area contributed by atoms with E-state index in [0.29, 0.717) is 5.92 Å². The molecular formula is C16H29NO. The Bertz CT molecular complexity index is 318. The van der Waals surface area contributed by atoms with Crippen LogP contribution < -0.4 is 5.73 Å². The summed E-state index contributed by atoms with van der Waals surface area (Å²) in [6, 6.07) is 0. The fourth-order valence-electron chi connectivity index (χ4n) is 2.51. The monoisotopic (exact) mass is 251 g/mol. The highest BCUT2D eigenvalue weighted by atomic mass is 16.5. The summed E-state index contributed by atoms with van der Waals surface area (Å²) in [4.78, 5) is 0. The molecule has 0 aromatic carbocycles. The van der Waals surface area contributed by atoms with Crippen LogP contribution in [-0.4, -0.2) is 12.6 Å². The summed E-state index contributed by atoms with van der Waals surface area (Å²) >= 11 is 0. The maximum atomic E-state index is 6.06. The zero-order valence-corrected chi connectivity index (χ0v) is 12.6. The van der Waals surface area contributed by atoms with E-state index in [4.69, 9.17) is 10.5 Å². The highest BCUT2D eigenvalue weighted by Gasteiger charge is 2.28. The minimum absolute atomic E-state index is 0.100. The molecule has 1 unspecified atom stereocenters. The van der Waals surface area contributed by atoms with Gasteiger partial charge in [0, 0.05) is 16.9 Å². The van der Waals surface area contributed by atoms with Crippen LogP contribution in [0.1, 0.15) is 53.4 Å². The van der Waals surface area contributed by atoms with Gasteiger partial charge in [0.15, 0.2) is 0 Å². The molecule has 0 bridgehead atoms. The summed E-state index contributed by atoms with van der Waals surface area (Å²) < 4.78 is 5.60. The van der Waals surface area contributed by atoms with Crippen molar-refractivity contribution in [1.29, 1.82) is 0 Å². The van der Waals surface area contributed by atoms with Gasteiger partial charge in [-0.3, -0.25) is 0 Å². The normalized spacial score (nSPS) is 22.8. The van der Waals surface area contributed by atoms with Gasteiger partial charge in [-0.15, -0.1) is 0 Å². The molecule has 0 aromatic rings. The second-order valence-electron chi connectivity index (χ2n) is 6.18. The van der Waals surface area contributed by atoms with Gasteiger partial charge < -0.3 is 10.5 Å². The van der Waals surface area contributed by atoms with Crippen LogP contribution in [0.15, 0.2) is 24.0 Å². The molecule has 0 aromatic heterocycles. The molecule has 2 nitrogen and oxygen atoms in total. The van der Waals surface area contributed by atoms with Gasteiger partial charge in [0.2, 0.25) is 0 Å². The molecule has 0 fully saturated rings. The molecule has 2 N–H and O–H groups in total. The first-order valence-electron chi connectivity index (χ1n) is 7.11. The standard InChI is InChI=1S/C16H29NO/c1-6-16(7-2)11-9-13(14(12-16)18-5)8-10-15(3,4)17/h9,11-13H,6-8,10,17H2,1-5H3. The summed E-state index contributed by atoms with van der Waals surface area (Å²) in [6.07, 6.45) is 11.3. The lowest BCUT2D eigenvalue weighted by Crippen LogP contribution is -2.32. The third-order valence-electron chi connectivity index (χ3n) is 4.11. The van der Waals surface area contributed by atoms with Crippen molar-refractivity contribution in [3.05, 3.63) is 24.0 Å². The number of hydrogen-bond donors (Lipinski definition) is 1. The lowest BCUT2D eigenvalue weighted by Gasteiger charge is -2.32. The first-order valence-corrected chi connectivity index (χ1v) is 7.11. The van der Waals surface area contributed by atoms with Gasteiger partial charge >= 0.3 is 0 Å². The molecule has 0 spiro atoms. The number of allylic oxidation sites excluding steroid dienone is 3. The topological polar surface area (TPSA) is 35.2 Å². The van der Waals surface area contributed by atoms with E-state index in [0.717, 1.165) is 31.4 Å². The minimum atomic E-state index is -0.100. The fraction of sp³-hybridized carbons (Fsp3) is 0.750. The van der Waals surface area contributed by atoms with Gasteiger partial charge in [0.05, 0.1) is 12.9 Å². The summed E-state index contributed by atoms with van der Waals surface area (Å²) in [5.74, 6) is 1.51. The number of methoxy groups -OCH3 is 1. The van der Waals surface area contributed by atoms with E-state index in [1.165, 1.54) is 0 Å².